The van der Waals surface area contributed by atoms with Gasteiger partial charge in [-0.05, 0) is 19.3 Å². The zero-order valence-corrected chi connectivity index (χ0v) is 11.1. The molecule has 104 valence electrons. The third-order valence-corrected chi connectivity index (χ3v) is 3.38. The van der Waals surface area contributed by atoms with E-state index >= 15 is 0 Å². The fraction of sp³-hybridized carbons (Fsp3) is 0.846. The number of nitrogens with one attached hydrogen (secondary N) is 2. The van der Waals surface area contributed by atoms with Crippen molar-refractivity contribution in [1.29, 1.82) is 0 Å². The van der Waals surface area contributed by atoms with Gasteiger partial charge in [0.1, 0.15) is 0 Å². The lowest BCUT2D eigenvalue weighted by atomic mass is 10.0. The van der Waals surface area contributed by atoms with E-state index in [-0.39, 0.29) is 31.0 Å². The van der Waals surface area contributed by atoms with E-state index in [2.05, 4.69) is 10.6 Å². The first-order chi connectivity index (χ1) is 8.61. The molecule has 5 heteroatoms. The van der Waals surface area contributed by atoms with E-state index in [9.17, 15) is 9.59 Å². The number of carbonyl (C=O) groups excluding carboxylic acids is 2. The highest BCUT2D eigenvalue weighted by Gasteiger charge is 2.16. The molecule has 1 aliphatic carbocycles. The molecule has 1 rings (SSSR count). The topological polar surface area (TPSA) is 78.4 Å². The number of aliphatic hydroxyl groups excluding tert-OH is 1. The molecule has 1 unspecified atom stereocenters. The highest BCUT2D eigenvalue weighted by molar-refractivity contribution is 5.84. The van der Waals surface area contributed by atoms with Crippen molar-refractivity contribution in [1.82, 2.24) is 10.6 Å². The molecule has 1 aliphatic rings. The summed E-state index contributed by atoms with van der Waals surface area (Å²) in [5.74, 6) is 0.374. The van der Waals surface area contributed by atoms with Crippen LogP contribution in [-0.4, -0.2) is 36.1 Å². The Morgan fingerprint density at radius 2 is 1.94 bits per heavy atom. The lowest BCUT2D eigenvalue weighted by molar-refractivity contribution is -0.126. The highest BCUT2D eigenvalue weighted by atomic mass is 16.3. The Bertz CT molecular complexity index is 275. The maximum Gasteiger partial charge on any atom is 0.239 e. The smallest absolute Gasteiger partial charge is 0.239 e. The first kappa shape index (κ1) is 15.0. The molecule has 0 radical (unpaired) electrons. The van der Waals surface area contributed by atoms with Gasteiger partial charge in [0, 0.05) is 12.5 Å². The van der Waals surface area contributed by atoms with E-state index in [0.29, 0.717) is 12.3 Å². The van der Waals surface area contributed by atoms with Gasteiger partial charge in [-0.3, -0.25) is 9.59 Å². The van der Waals surface area contributed by atoms with Gasteiger partial charge in [-0.15, -0.1) is 0 Å². The summed E-state index contributed by atoms with van der Waals surface area (Å²) in [4.78, 5) is 22.9. The number of hydrogen-bond donors (Lipinski definition) is 3. The minimum Gasteiger partial charge on any atom is -0.394 e. The molecule has 3 N–H and O–H groups in total. The Kier molecular flexibility index (Phi) is 6.72. The molecule has 1 fully saturated rings. The average Bonchev–Trinajstić information content (AvgIpc) is 2.86. The molecule has 0 saturated heterocycles. The van der Waals surface area contributed by atoms with E-state index in [0.717, 1.165) is 6.42 Å². The Morgan fingerprint density at radius 1 is 1.28 bits per heavy atom. The summed E-state index contributed by atoms with van der Waals surface area (Å²) in [5.41, 5.74) is 0. The molecule has 2 amide bonds. The number of hydrogen-bond acceptors (Lipinski definition) is 3. The molecule has 1 atom stereocenters. The molecule has 0 aromatic carbocycles. The third kappa shape index (κ3) is 6.00. The normalized spacial score (nSPS) is 17.4. The van der Waals surface area contributed by atoms with Crippen LogP contribution in [0, 0.1) is 5.92 Å². The minimum absolute atomic E-state index is 0.00611. The summed E-state index contributed by atoms with van der Waals surface area (Å²) in [6.07, 6.45) is 6.49. The molecule has 0 spiro atoms. The van der Waals surface area contributed by atoms with Crippen LogP contribution >= 0.6 is 0 Å². The van der Waals surface area contributed by atoms with Crippen LogP contribution < -0.4 is 10.6 Å². The number of rotatable bonds is 7. The maximum atomic E-state index is 11.5. The molecule has 5 nitrogen and oxygen atoms in total. The van der Waals surface area contributed by atoms with Crippen molar-refractivity contribution in [3.63, 3.8) is 0 Å². The van der Waals surface area contributed by atoms with Crippen molar-refractivity contribution in [2.45, 2.75) is 51.5 Å². The van der Waals surface area contributed by atoms with Crippen LogP contribution in [-0.2, 0) is 9.59 Å². The van der Waals surface area contributed by atoms with E-state index in [1.165, 1.54) is 25.7 Å². The molecule has 0 aromatic rings. The van der Waals surface area contributed by atoms with Crippen LogP contribution in [0.15, 0.2) is 0 Å². The lowest BCUT2D eigenvalue weighted by Crippen LogP contribution is -2.42. The fourth-order valence-electron chi connectivity index (χ4n) is 2.27. The quantitative estimate of drug-likeness (QED) is 0.623. The standard InChI is InChI=1S/C13H24N2O3/c1-10(9-16)15-13(18)8-14-12(17)7-6-11-4-2-3-5-11/h10-11,16H,2-9H2,1H3,(H,14,17)(H,15,18). The van der Waals surface area contributed by atoms with Crippen LogP contribution in [0.2, 0.25) is 0 Å². The van der Waals surface area contributed by atoms with Crippen LogP contribution in [0.5, 0.6) is 0 Å². The summed E-state index contributed by atoms with van der Waals surface area (Å²) in [6, 6.07) is -0.270. The Hall–Kier alpha value is -1.10. The van der Waals surface area contributed by atoms with Crippen molar-refractivity contribution < 1.29 is 14.7 Å². The zero-order chi connectivity index (χ0) is 13.4. The Morgan fingerprint density at radius 3 is 2.56 bits per heavy atom. The van der Waals surface area contributed by atoms with Gasteiger partial charge < -0.3 is 15.7 Å². The first-order valence-corrected chi connectivity index (χ1v) is 6.78. The van der Waals surface area contributed by atoms with Gasteiger partial charge in [-0.1, -0.05) is 25.7 Å². The Labute approximate surface area is 108 Å². The second-order valence-corrected chi connectivity index (χ2v) is 5.12. The van der Waals surface area contributed by atoms with E-state index < -0.39 is 0 Å². The van der Waals surface area contributed by atoms with Gasteiger partial charge in [0.05, 0.1) is 13.2 Å². The summed E-state index contributed by atoms with van der Waals surface area (Å²) >= 11 is 0. The molecule has 0 aliphatic heterocycles. The second-order valence-electron chi connectivity index (χ2n) is 5.12. The lowest BCUT2D eigenvalue weighted by Gasteiger charge is -2.12. The van der Waals surface area contributed by atoms with Crippen LogP contribution in [0.4, 0.5) is 0 Å². The summed E-state index contributed by atoms with van der Waals surface area (Å²) in [5, 5.41) is 13.9. The third-order valence-electron chi connectivity index (χ3n) is 3.38. The van der Waals surface area contributed by atoms with Crippen LogP contribution in [0.3, 0.4) is 0 Å². The monoisotopic (exact) mass is 256 g/mol. The predicted octanol–water partition coefficient (Wildman–Crippen LogP) is 0.570. The maximum absolute atomic E-state index is 11.5. The molecular formula is C13H24N2O3. The van der Waals surface area contributed by atoms with E-state index in [1.54, 1.807) is 6.92 Å². The zero-order valence-electron chi connectivity index (χ0n) is 11.1. The molecule has 0 aromatic heterocycles. The number of aliphatic hydroxyl groups is 1. The summed E-state index contributed by atoms with van der Waals surface area (Å²) < 4.78 is 0. The van der Waals surface area contributed by atoms with Crippen molar-refractivity contribution in [2.24, 2.45) is 5.92 Å². The molecular weight excluding hydrogens is 232 g/mol. The van der Waals surface area contributed by atoms with Crippen molar-refractivity contribution in [3.05, 3.63) is 0 Å². The van der Waals surface area contributed by atoms with Crippen molar-refractivity contribution >= 4 is 11.8 Å². The fourth-order valence-corrected chi connectivity index (χ4v) is 2.27. The number of carbonyl (C=O) groups is 2. The minimum atomic E-state index is -0.270. The van der Waals surface area contributed by atoms with Gasteiger partial charge in [0.2, 0.25) is 11.8 Å². The molecule has 18 heavy (non-hydrogen) atoms. The van der Waals surface area contributed by atoms with Gasteiger partial charge >= 0.3 is 0 Å². The van der Waals surface area contributed by atoms with Crippen LogP contribution in [0.1, 0.15) is 45.4 Å². The van der Waals surface area contributed by atoms with Gasteiger partial charge in [-0.25, -0.2) is 0 Å². The summed E-state index contributed by atoms with van der Waals surface area (Å²) in [6.45, 7) is 1.61. The SMILES string of the molecule is CC(CO)NC(=O)CNC(=O)CCC1CCCC1. The second kappa shape index (κ2) is 8.08. The van der Waals surface area contributed by atoms with E-state index in [4.69, 9.17) is 5.11 Å². The van der Waals surface area contributed by atoms with Gasteiger partial charge in [-0.2, -0.15) is 0 Å². The first-order valence-electron chi connectivity index (χ1n) is 6.78. The molecule has 0 heterocycles. The average molecular weight is 256 g/mol. The van der Waals surface area contributed by atoms with Crippen molar-refractivity contribution in [2.75, 3.05) is 13.2 Å². The van der Waals surface area contributed by atoms with E-state index in [1.807, 2.05) is 0 Å². The highest BCUT2D eigenvalue weighted by Crippen LogP contribution is 2.28. The number of amides is 2. The largest absolute Gasteiger partial charge is 0.394 e. The van der Waals surface area contributed by atoms with Crippen LogP contribution in [0.25, 0.3) is 0 Å². The Balaban J connectivity index is 2.06. The van der Waals surface area contributed by atoms with Crippen molar-refractivity contribution in [3.8, 4) is 0 Å². The summed E-state index contributed by atoms with van der Waals surface area (Å²) in [7, 11) is 0. The van der Waals surface area contributed by atoms with Gasteiger partial charge in [0.15, 0.2) is 0 Å². The molecule has 0 bridgehead atoms. The molecule has 1 saturated carbocycles. The predicted molar refractivity (Wildman–Crippen MR) is 68.9 cm³/mol. The van der Waals surface area contributed by atoms with Gasteiger partial charge in [0.25, 0.3) is 0 Å².